The van der Waals surface area contributed by atoms with Crippen LogP contribution in [0.15, 0.2) is 58.3 Å². The van der Waals surface area contributed by atoms with Gasteiger partial charge in [-0.2, -0.15) is 5.26 Å². The molecule has 0 aliphatic rings. The minimum absolute atomic E-state index is 0.442. The molecule has 2 aromatic carbocycles. The average Bonchev–Trinajstić information content (AvgIpc) is 2.54. The maximum Gasteiger partial charge on any atom is 0.154 e. The van der Waals surface area contributed by atoms with Crippen molar-refractivity contribution in [3.8, 4) is 6.07 Å². The molecule has 1 N–H and O–H groups in total. The van der Waals surface area contributed by atoms with Crippen LogP contribution >= 0.6 is 0 Å². The highest BCUT2D eigenvalue weighted by Gasteiger charge is 2.31. The number of nitrogens with zero attached hydrogens (tertiary/aromatic N) is 1. The van der Waals surface area contributed by atoms with Crippen LogP contribution < -0.4 is 0 Å². The van der Waals surface area contributed by atoms with Gasteiger partial charge in [-0.05, 0) is 37.6 Å². The maximum atomic E-state index is 12.8. The zero-order chi connectivity index (χ0) is 16.3. The van der Waals surface area contributed by atoms with Gasteiger partial charge in [-0.3, -0.25) is 0 Å². The Morgan fingerprint density at radius 2 is 1.77 bits per heavy atom. The largest absolute Gasteiger partial charge is 0.375 e. The summed E-state index contributed by atoms with van der Waals surface area (Å²) in [7, 11) is -1.34. The predicted molar refractivity (Wildman–Crippen MR) is 86.9 cm³/mol. The van der Waals surface area contributed by atoms with Gasteiger partial charge in [0.05, 0.1) is 16.9 Å². The molecule has 22 heavy (non-hydrogen) atoms. The van der Waals surface area contributed by atoms with Crippen LogP contribution in [0.3, 0.4) is 0 Å². The lowest BCUT2D eigenvalue weighted by Crippen LogP contribution is -2.29. The summed E-state index contributed by atoms with van der Waals surface area (Å²) in [5, 5.41) is 19.3. The fraction of sp³-hybridized carbons (Fsp3) is 0.278. The summed E-state index contributed by atoms with van der Waals surface area (Å²) >= 11 is 0. The summed E-state index contributed by atoms with van der Waals surface area (Å²) in [6.07, 6.45) is 0. The lowest BCUT2D eigenvalue weighted by molar-refractivity contribution is 0.0934. The summed E-state index contributed by atoms with van der Waals surface area (Å²) in [4.78, 5) is 1.34. The second-order valence-corrected chi connectivity index (χ2v) is 7.05. The molecular weight excluding hydrogens is 294 g/mol. The average molecular weight is 313 g/mol. The smallest absolute Gasteiger partial charge is 0.154 e. The normalized spacial score (nSPS) is 16.3. The number of benzene rings is 2. The molecule has 114 valence electrons. The number of nitriles is 1. The topological polar surface area (TPSA) is 61.1 Å². The second kappa shape index (κ2) is 6.43. The van der Waals surface area contributed by atoms with Crippen molar-refractivity contribution in [3.05, 3.63) is 59.7 Å². The van der Waals surface area contributed by atoms with E-state index in [-0.39, 0.29) is 0 Å². The molecule has 0 amide bonds. The standard InChI is InChI=1S/C18H19NO2S/c1-13-8-10-15(11-9-13)22(21)17-7-5-4-6-16(17)14(2)18(3,20)12-19/h4-11,14,20H,1-3H3/t14-,18-,22?/m1/s1. The number of rotatable bonds is 4. The predicted octanol–water partition coefficient (Wildman–Crippen LogP) is 3.54. The van der Waals surface area contributed by atoms with Crippen LogP contribution in [-0.2, 0) is 10.8 Å². The lowest BCUT2D eigenvalue weighted by atomic mass is 9.86. The third kappa shape index (κ3) is 3.27. The number of aryl methyl sites for hydroxylation is 1. The van der Waals surface area contributed by atoms with Gasteiger partial charge in [-0.25, -0.2) is 4.21 Å². The summed E-state index contributed by atoms with van der Waals surface area (Å²) in [6, 6.07) is 16.7. The Labute approximate surface area is 133 Å². The molecule has 0 aromatic heterocycles. The monoisotopic (exact) mass is 313 g/mol. The van der Waals surface area contributed by atoms with Gasteiger partial charge in [0, 0.05) is 15.7 Å². The van der Waals surface area contributed by atoms with Gasteiger partial charge in [0.15, 0.2) is 5.60 Å². The number of hydrogen-bond donors (Lipinski definition) is 1. The van der Waals surface area contributed by atoms with E-state index in [1.54, 1.807) is 13.0 Å². The van der Waals surface area contributed by atoms with Crippen LogP contribution in [0.4, 0.5) is 0 Å². The third-order valence-electron chi connectivity index (χ3n) is 3.89. The Hall–Kier alpha value is -1.96. The molecule has 2 rings (SSSR count). The molecular formula is C18H19NO2S. The molecule has 0 heterocycles. The summed E-state index contributed by atoms with van der Waals surface area (Å²) in [5.74, 6) is -0.442. The van der Waals surface area contributed by atoms with Crippen molar-refractivity contribution in [3.63, 3.8) is 0 Å². The molecule has 2 aromatic rings. The molecule has 0 bridgehead atoms. The first-order valence-corrected chi connectivity index (χ1v) is 8.23. The van der Waals surface area contributed by atoms with Crippen molar-refractivity contribution in [2.75, 3.05) is 0 Å². The van der Waals surface area contributed by atoms with Crippen LogP contribution in [-0.4, -0.2) is 14.9 Å². The van der Waals surface area contributed by atoms with Crippen molar-refractivity contribution in [2.24, 2.45) is 0 Å². The summed E-state index contributed by atoms with van der Waals surface area (Å²) in [6.45, 7) is 5.23. The lowest BCUT2D eigenvalue weighted by Gasteiger charge is -2.25. The van der Waals surface area contributed by atoms with E-state index >= 15 is 0 Å². The van der Waals surface area contributed by atoms with Gasteiger partial charge in [0.2, 0.25) is 0 Å². The van der Waals surface area contributed by atoms with Gasteiger partial charge in [0.25, 0.3) is 0 Å². The van der Waals surface area contributed by atoms with E-state index in [0.717, 1.165) is 11.1 Å². The van der Waals surface area contributed by atoms with Gasteiger partial charge < -0.3 is 5.11 Å². The zero-order valence-electron chi connectivity index (χ0n) is 12.9. The molecule has 4 heteroatoms. The van der Waals surface area contributed by atoms with E-state index in [0.29, 0.717) is 9.79 Å². The summed E-state index contributed by atoms with van der Waals surface area (Å²) in [5.41, 5.74) is 0.330. The van der Waals surface area contributed by atoms with Gasteiger partial charge >= 0.3 is 0 Å². The first kappa shape index (κ1) is 16.4. The Kier molecular flexibility index (Phi) is 4.80. The Balaban J connectivity index is 2.47. The fourth-order valence-corrected chi connectivity index (χ4v) is 3.49. The van der Waals surface area contributed by atoms with E-state index in [2.05, 4.69) is 0 Å². The van der Waals surface area contributed by atoms with Gasteiger partial charge in [0.1, 0.15) is 0 Å². The molecule has 0 aliphatic heterocycles. The Bertz CT molecular complexity index is 729. The molecule has 0 saturated carbocycles. The molecule has 3 nitrogen and oxygen atoms in total. The van der Waals surface area contributed by atoms with E-state index < -0.39 is 22.3 Å². The maximum absolute atomic E-state index is 12.8. The van der Waals surface area contributed by atoms with Crippen molar-refractivity contribution in [2.45, 2.75) is 42.1 Å². The first-order chi connectivity index (χ1) is 10.4. The van der Waals surface area contributed by atoms with E-state index in [1.165, 1.54) is 6.92 Å². The molecule has 0 radical (unpaired) electrons. The quantitative estimate of drug-likeness (QED) is 0.878. The highest BCUT2D eigenvalue weighted by atomic mass is 32.2. The highest BCUT2D eigenvalue weighted by molar-refractivity contribution is 7.85. The molecule has 0 spiro atoms. The van der Waals surface area contributed by atoms with Crippen molar-refractivity contribution in [1.29, 1.82) is 5.26 Å². The van der Waals surface area contributed by atoms with E-state index in [9.17, 15) is 9.32 Å². The molecule has 0 aliphatic carbocycles. The van der Waals surface area contributed by atoms with Crippen LogP contribution in [0.1, 0.15) is 30.9 Å². The van der Waals surface area contributed by atoms with Crippen LogP contribution in [0.2, 0.25) is 0 Å². The first-order valence-electron chi connectivity index (χ1n) is 7.08. The molecule has 3 atom stereocenters. The number of aliphatic hydroxyl groups is 1. The van der Waals surface area contributed by atoms with Crippen molar-refractivity contribution >= 4 is 10.8 Å². The fourth-order valence-electron chi connectivity index (χ4n) is 2.20. The minimum Gasteiger partial charge on any atom is -0.375 e. The number of hydrogen-bond acceptors (Lipinski definition) is 3. The molecule has 1 unspecified atom stereocenters. The van der Waals surface area contributed by atoms with E-state index in [1.807, 2.05) is 55.5 Å². The SMILES string of the molecule is Cc1ccc(S(=O)c2ccccc2[C@@H](C)[C@](C)(O)C#N)cc1. The van der Waals surface area contributed by atoms with Crippen molar-refractivity contribution < 1.29 is 9.32 Å². The van der Waals surface area contributed by atoms with Gasteiger partial charge in [-0.1, -0.05) is 42.8 Å². The molecule has 0 saturated heterocycles. The Morgan fingerprint density at radius 3 is 2.36 bits per heavy atom. The summed E-state index contributed by atoms with van der Waals surface area (Å²) < 4.78 is 12.8. The third-order valence-corrected chi connectivity index (χ3v) is 5.36. The zero-order valence-corrected chi connectivity index (χ0v) is 13.7. The van der Waals surface area contributed by atoms with Crippen molar-refractivity contribution in [1.82, 2.24) is 0 Å². The highest BCUT2D eigenvalue weighted by Crippen LogP contribution is 2.32. The van der Waals surface area contributed by atoms with E-state index in [4.69, 9.17) is 5.26 Å². The van der Waals surface area contributed by atoms with Crippen LogP contribution in [0.25, 0.3) is 0 Å². The molecule has 0 fully saturated rings. The van der Waals surface area contributed by atoms with Gasteiger partial charge in [-0.15, -0.1) is 0 Å². The second-order valence-electron chi connectivity index (χ2n) is 5.60. The minimum atomic E-state index is -1.51. The Morgan fingerprint density at radius 1 is 1.18 bits per heavy atom. The van der Waals surface area contributed by atoms with Crippen LogP contribution in [0.5, 0.6) is 0 Å². The van der Waals surface area contributed by atoms with Crippen LogP contribution in [0, 0.1) is 18.3 Å².